The Labute approximate surface area is 161 Å². The van der Waals surface area contributed by atoms with Crippen LogP contribution in [0.2, 0.25) is 0 Å². The van der Waals surface area contributed by atoms with Crippen LogP contribution in [0.4, 0.5) is 10.5 Å². The molecule has 0 spiro atoms. The van der Waals surface area contributed by atoms with Crippen LogP contribution in [0.1, 0.15) is 44.9 Å². The first-order valence-electron chi connectivity index (χ1n) is 10.2. The van der Waals surface area contributed by atoms with Crippen molar-refractivity contribution in [2.75, 3.05) is 31.5 Å². The average molecular weight is 374 g/mol. The normalized spacial score (nSPS) is 22.0. The monoisotopic (exact) mass is 373 g/mol. The third-order valence-electron chi connectivity index (χ3n) is 5.47. The number of urea groups is 1. The molecule has 2 unspecified atom stereocenters. The molecule has 2 aliphatic rings. The van der Waals surface area contributed by atoms with E-state index in [4.69, 9.17) is 0 Å². The number of amides is 3. The molecule has 3 rings (SSSR count). The van der Waals surface area contributed by atoms with Gasteiger partial charge in [-0.05, 0) is 56.7 Å². The Morgan fingerprint density at radius 1 is 1.19 bits per heavy atom. The van der Waals surface area contributed by atoms with Gasteiger partial charge >= 0.3 is 6.03 Å². The van der Waals surface area contributed by atoms with Crippen LogP contribution in [0.25, 0.3) is 0 Å². The predicted molar refractivity (Wildman–Crippen MR) is 105 cm³/mol. The first kappa shape index (κ1) is 19.6. The number of carbonyl (C=O) groups excluding carboxylic acids is 2. The highest BCUT2D eigenvalue weighted by molar-refractivity contribution is 5.89. The number of aromatic nitrogens is 1. The maximum atomic E-state index is 12.4. The highest BCUT2D eigenvalue weighted by Gasteiger charge is 2.31. The van der Waals surface area contributed by atoms with E-state index in [1.54, 1.807) is 24.5 Å². The van der Waals surface area contributed by atoms with Gasteiger partial charge in [0.15, 0.2) is 0 Å². The Balaban J connectivity index is 1.21. The molecule has 0 aliphatic carbocycles. The van der Waals surface area contributed by atoms with Gasteiger partial charge in [-0.1, -0.05) is 12.8 Å². The van der Waals surface area contributed by atoms with E-state index in [-0.39, 0.29) is 12.1 Å². The van der Waals surface area contributed by atoms with Gasteiger partial charge in [0.1, 0.15) is 0 Å². The molecule has 3 N–H and O–H groups in total. The molecule has 0 radical (unpaired) electrons. The Morgan fingerprint density at radius 2 is 2.04 bits per heavy atom. The van der Waals surface area contributed by atoms with E-state index >= 15 is 0 Å². The molecule has 3 heterocycles. The van der Waals surface area contributed by atoms with Gasteiger partial charge in [0, 0.05) is 37.7 Å². The summed E-state index contributed by atoms with van der Waals surface area (Å²) in [7, 11) is 0. The van der Waals surface area contributed by atoms with Crippen LogP contribution < -0.4 is 16.0 Å². The van der Waals surface area contributed by atoms with Crippen molar-refractivity contribution in [2.24, 2.45) is 5.92 Å². The summed E-state index contributed by atoms with van der Waals surface area (Å²) >= 11 is 0. The predicted octanol–water partition coefficient (Wildman–Crippen LogP) is 2.36. The molecular formula is C20H31N5O2. The van der Waals surface area contributed by atoms with E-state index in [0.29, 0.717) is 18.4 Å². The second kappa shape index (κ2) is 10.3. The van der Waals surface area contributed by atoms with Crippen molar-refractivity contribution < 1.29 is 9.59 Å². The standard InChI is InChI=1S/C20H31N5O2/c26-19(18-6-4-11-22-18)25-14-9-16(15-25)5-2-1-3-10-23-20(27)24-17-7-12-21-13-8-17/h7-8,12-13,16,18,22H,1-6,9-11,14-15H2,(H2,21,23,24,27). The van der Waals surface area contributed by atoms with E-state index in [2.05, 4.69) is 25.8 Å². The molecule has 2 atom stereocenters. The fourth-order valence-corrected chi connectivity index (χ4v) is 3.93. The van der Waals surface area contributed by atoms with Crippen molar-refractivity contribution in [2.45, 2.75) is 51.0 Å². The SMILES string of the molecule is O=C(NCCCCCC1CCN(C(=O)C2CCCN2)C1)Nc1ccncc1. The zero-order valence-electron chi connectivity index (χ0n) is 16.0. The lowest BCUT2D eigenvalue weighted by Gasteiger charge is -2.20. The summed E-state index contributed by atoms with van der Waals surface area (Å²) in [6, 6.07) is 3.41. The van der Waals surface area contributed by atoms with Crippen LogP contribution in [0, 0.1) is 5.92 Å². The number of pyridine rings is 1. The van der Waals surface area contributed by atoms with Crippen LogP contribution in [0.5, 0.6) is 0 Å². The topological polar surface area (TPSA) is 86.4 Å². The van der Waals surface area contributed by atoms with Crippen molar-refractivity contribution in [3.63, 3.8) is 0 Å². The number of likely N-dealkylation sites (tertiary alicyclic amines) is 1. The third kappa shape index (κ3) is 6.20. The van der Waals surface area contributed by atoms with E-state index in [9.17, 15) is 9.59 Å². The van der Waals surface area contributed by atoms with Gasteiger partial charge in [0.05, 0.1) is 6.04 Å². The van der Waals surface area contributed by atoms with Gasteiger partial charge in [0.2, 0.25) is 5.91 Å². The number of unbranched alkanes of at least 4 members (excludes halogenated alkanes) is 2. The zero-order valence-corrected chi connectivity index (χ0v) is 16.0. The summed E-state index contributed by atoms with van der Waals surface area (Å²) in [6.45, 7) is 3.49. The summed E-state index contributed by atoms with van der Waals surface area (Å²) in [5.41, 5.74) is 0.746. The molecular weight excluding hydrogens is 342 g/mol. The summed E-state index contributed by atoms with van der Waals surface area (Å²) < 4.78 is 0. The summed E-state index contributed by atoms with van der Waals surface area (Å²) in [4.78, 5) is 30.2. The van der Waals surface area contributed by atoms with Gasteiger partial charge in [-0.25, -0.2) is 4.79 Å². The zero-order chi connectivity index (χ0) is 18.9. The molecule has 0 bridgehead atoms. The number of rotatable bonds is 8. The van der Waals surface area contributed by atoms with Crippen molar-refractivity contribution in [1.82, 2.24) is 20.5 Å². The number of carbonyl (C=O) groups is 2. The minimum Gasteiger partial charge on any atom is -0.341 e. The summed E-state index contributed by atoms with van der Waals surface area (Å²) in [5.74, 6) is 0.942. The fraction of sp³-hybridized carbons (Fsp3) is 0.650. The maximum absolute atomic E-state index is 12.4. The minimum absolute atomic E-state index is 0.0631. The highest BCUT2D eigenvalue weighted by Crippen LogP contribution is 2.23. The summed E-state index contributed by atoms with van der Waals surface area (Å²) in [5, 5.41) is 8.97. The van der Waals surface area contributed by atoms with Gasteiger partial charge in [-0.2, -0.15) is 0 Å². The second-order valence-electron chi connectivity index (χ2n) is 7.55. The number of hydrogen-bond acceptors (Lipinski definition) is 4. The molecule has 2 fully saturated rings. The number of hydrogen-bond donors (Lipinski definition) is 3. The first-order chi connectivity index (χ1) is 13.2. The third-order valence-corrected chi connectivity index (χ3v) is 5.47. The molecule has 7 heteroatoms. The number of nitrogens with zero attached hydrogens (tertiary/aromatic N) is 2. The molecule has 7 nitrogen and oxygen atoms in total. The molecule has 2 saturated heterocycles. The number of nitrogens with one attached hydrogen (secondary N) is 3. The lowest BCUT2D eigenvalue weighted by atomic mass is 10.0. The molecule has 2 aliphatic heterocycles. The average Bonchev–Trinajstić information content (AvgIpc) is 3.37. The van der Waals surface area contributed by atoms with Crippen LogP contribution in [-0.2, 0) is 4.79 Å². The quantitative estimate of drug-likeness (QED) is 0.611. The van der Waals surface area contributed by atoms with Gasteiger partial charge in [-0.15, -0.1) is 0 Å². The lowest BCUT2D eigenvalue weighted by molar-refractivity contribution is -0.132. The molecule has 148 valence electrons. The van der Waals surface area contributed by atoms with Crippen molar-refractivity contribution in [3.8, 4) is 0 Å². The Morgan fingerprint density at radius 3 is 2.81 bits per heavy atom. The molecule has 1 aromatic heterocycles. The van der Waals surface area contributed by atoms with Gasteiger partial charge in [-0.3, -0.25) is 9.78 Å². The van der Waals surface area contributed by atoms with Crippen molar-refractivity contribution in [1.29, 1.82) is 0 Å². The molecule has 1 aromatic rings. The fourth-order valence-electron chi connectivity index (χ4n) is 3.93. The minimum atomic E-state index is -0.174. The lowest BCUT2D eigenvalue weighted by Crippen LogP contribution is -2.42. The smallest absolute Gasteiger partial charge is 0.319 e. The van der Waals surface area contributed by atoms with Crippen LogP contribution in [-0.4, -0.2) is 54.0 Å². The molecule has 0 saturated carbocycles. The Hall–Kier alpha value is -2.15. The van der Waals surface area contributed by atoms with E-state index in [1.807, 2.05) is 0 Å². The van der Waals surface area contributed by atoms with E-state index in [1.165, 1.54) is 6.42 Å². The van der Waals surface area contributed by atoms with E-state index in [0.717, 1.165) is 63.8 Å². The Kier molecular flexibility index (Phi) is 7.45. The van der Waals surface area contributed by atoms with Crippen molar-refractivity contribution in [3.05, 3.63) is 24.5 Å². The van der Waals surface area contributed by atoms with Gasteiger partial charge in [0.25, 0.3) is 0 Å². The van der Waals surface area contributed by atoms with Gasteiger partial charge < -0.3 is 20.9 Å². The van der Waals surface area contributed by atoms with Crippen LogP contribution in [0.15, 0.2) is 24.5 Å². The molecule has 3 amide bonds. The first-order valence-corrected chi connectivity index (χ1v) is 10.2. The highest BCUT2D eigenvalue weighted by atomic mass is 16.2. The van der Waals surface area contributed by atoms with E-state index < -0.39 is 0 Å². The number of anilines is 1. The second-order valence-corrected chi connectivity index (χ2v) is 7.55. The van der Waals surface area contributed by atoms with Crippen LogP contribution in [0.3, 0.4) is 0 Å². The van der Waals surface area contributed by atoms with Crippen molar-refractivity contribution >= 4 is 17.6 Å². The molecule has 0 aromatic carbocycles. The molecule has 27 heavy (non-hydrogen) atoms. The Bertz CT molecular complexity index is 604. The maximum Gasteiger partial charge on any atom is 0.319 e. The largest absolute Gasteiger partial charge is 0.341 e. The van der Waals surface area contributed by atoms with Crippen LogP contribution >= 0.6 is 0 Å². The summed E-state index contributed by atoms with van der Waals surface area (Å²) in [6.07, 6.45) is 10.9.